The lowest BCUT2D eigenvalue weighted by Gasteiger charge is -1.88. The van der Waals surface area contributed by atoms with Crippen LogP contribution in [0.2, 0.25) is 0 Å². The van der Waals surface area contributed by atoms with E-state index in [0.29, 0.717) is 0 Å². The molecular weight excluding hydrogens is 216 g/mol. The maximum atomic E-state index is 7.76. The van der Waals surface area contributed by atoms with E-state index in [9.17, 15) is 0 Å². The lowest BCUT2D eigenvalue weighted by atomic mass is 10.2. The predicted molar refractivity (Wildman–Crippen MR) is 56.4 cm³/mol. The molecule has 0 saturated heterocycles. The molecule has 0 unspecified atom stereocenters. The van der Waals surface area contributed by atoms with Crippen molar-refractivity contribution in [3.05, 3.63) is 48.6 Å². The highest BCUT2D eigenvalue weighted by molar-refractivity contribution is 9.08. The quantitative estimate of drug-likeness (QED) is 0.610. The summed E-state index contributed by atoms with van der Waals surface area (Å²) in [4.78, 5) is 0. The van der Waals surface area contributed by atoms with Gasteiger partial charge in [-0.3, -0.25) is 0 Å². The van der Waals surface area contributed by atoms with Gasteiger partial charge in [0.2, 0.25) is 0 Å². The minimum Gasteiger partial charge on any atom is -0.392 e. The summed E-state index contributed by atoms with van der Waals surface area (Å²) in [7, 11) is 0. The van der Waals surface area contributed by atoms with E-state index in [-0.39, 0.29) is 6.61 Å². The number of aliphatic hydroxyl groups is 1. The molecule has 0 aliphatic heterocycles. The van der Waals surface area contributed by atoms with Gasteiger partial charge < -0.3 is 5.11 Å². The fourth-order valence-electron chi connectivity index (χ4n) is 0.567. The van der Waals surface area contributed by atoms with Crippen molar-refractivity contribution in [2.75, 3.05) is 6.61 Å². The Labute approximate surface area is 81.9 Å². The molecular formula is C10H13BrO. The lowest BCUT2D eigenvalue weighted by molar-refractivity contribution is 0.343. The van der Waals surface area contributed by atoms with Crippen molar-refractivity contribution in [3.63, 3.8) is 0 Å². The van der Waals surface area contributed by atoms with Crippen LogP contribution in [0.1, 0.15) is 5.56 Å². The third-order valence-corrected chi connectivity index (χ3v) is 1.77. The summed E-state index contributed by atoms with van der Waals surface area (Å²) in [6, 6.07) is 10.3. The van der Waals surface area contributed by atoms with Crippen molar-refractivity contribution in [2.24, 2.45) is 0 Å². The molecule has 0 saturated carbocycles. The van der Waals surface area contributed by atoms with Crippen LogP contribution in [0.25, 0.3) is 0 Å². The molecule has 0 heterocycles. The maximum absolute atomic E-state index is 7.76. The van der Waals surface area contributed by atoms with E-state index in [1.807, 2.05) is 18.2 Å². The van der Waals surface area contributed by atoms with Gasteiger partial charge in [0.25, 0.3) is 0 Å². The van der Waals surface area contributed by atoms with Gasteiger partial charge in [-0.2, -0.15) is 0 Å². The van der Waals surface area contributed by atoms with Gasteiger partial charge in [0.1, 0.15) is 0 Å². The van der Waals surface area contributed by atoms with Crippen LogP contribution in [-0.4, -0.2) is 11.7 Å². The summed E-state index contributed by atoms with van der Waals surface area (Å²) in [6.45, 7) is 3.31. The second-order valence-corrected chi connectivity index (χ2v) is 2.65. The molecule has 12 heavy (non-hydrogen) atoms. The Bertz CT molecular complexity index is 196. The largest absolute Gasteiger partial charge is 0.392 e. The second kappa shape index (κ2) is 8.50. The summed E-state index contributed by atoms with van der Waals surface area (Å²) < 4.78 is 0. The van der Waals surface area contributed by atoms with E-state index in [0.717, 1.165) is 5.33 Å². The average molecular weight is 229 g/mol. The van der Waals surface area contributed by atoms with Crippen LogP contribution >= 0.6 is 15.9 Å². The van der Waals surface area contributed by atoms with Crippen LogP contribution < -0.4 is 0 Å². The summed E-state index contributed by atoms with van der Waals surface area (Å²) in [5, 5.41) is 8.71. The molecule has 0 aromatic heterocycles. The van der Waals surface area contributed by atoms with Crippen molar-refractivity contribution in [2.45, 2.75) is 5.33 Å². The molecule has 0 aliphatic rings. The number of hydrogen-bond donors (Lipinski definition) is 1. The average Bonchev–Trinajstić information content (AvgIpc) is 2.19. The zero-order valence-corrected chi connectivity index (χ0v) is 8.50. The highest BCUT2D eigenvalue weighted by atomic mass is 79.9. The molecule has 0 atom stereocenters. The first-order chi connectivity index (χ1) is 5.85. The molecule has 0 amide bonds. The molecule has 66 valence electrons. The highest BCUT2D eigenvalue weighted by Crippen LogP contribution is 2.02. The minimum atomic E-state index is 0.0833. The van der Waals surface area contributed by atoms with E-state index in [1.54, 1.807) is 0 Å². The van der Waals surface area contributed by atoms with Crippen LogP contribution in [0.5, 0.6) is 0 Å². The topological polar surface area (TPSA) is 20.2 Å². The van der Waals surface area contributed by atoms with Crippen LogP contribution in [0, 0.1) is 0 Å². The number of benzene rings is 1. The summed E-state index contributed by atoms with van der Waals surface area (Å²) in [5.74, 6) is 0. The third-order valence-electron chi connectivity index (χ3n) is 1.13. The highest BCUT2D eigenvalue weighted by Gasteiger charge is 1.81. The van der Waals surface area contributed by atoms with E-state index < -0.39 is 0 Å². The number of hydrogen-bond acceptors (Lipinski definition) is 1. The molecule has 1 aromatic rings. The minimum absolute atomic E-state index is 0.0833. The molecule has 0 bridgehead atoms. The first-order valence-electron chi connectivity index (χ1n) is 3.66. The van der Waals surface area contributed by atoms with Gasteiger partial charge in [-0.05, 0) is 5.56 Å². The number of alkyl halides is 1. The van der Waals surface area contributed by atoms with E-state index in [1.165, 1.54) is 11.6 Å². The Morgan fingerprint density at radius 3 is 2.08 bits per heavy atom. The van der Waals surface area contributed by atoms with Crippen molar-refractivity contribution in [1.82, 2.24) is 0 Å². The predicted octanol–water partition coefficient (Wildman–Crippen LogP) is 2.75. The van der Waals surface area contributed by atoms with Crippen LogP contribution in [-0.2, 0) is 5.33 Å². The molecule has 1 rings (SSSR count). The van der Waals surface area contributed by atoms with E-state index >= 15 is 0 Å². The zero-order valence-electron chi connectivity index (χ0n) is 6.91. The zero-order chi connectivity index (χ0) is 9.23. The maximum Gasteiger partial charge on any atom is 0.0609 e. The SMILES string of the molecule is BrCc1ccccc1.C=CCO. The molecule has 1 nitrogen and oxygen atoms in total. The second-order valence-electron chi connectivity index (χ2n) is 2.09. The smallest absolute Gasteiger partial charge is 0.0609 e. The Kier molecular flexibility index (Phi) is 8.07. The van der Waals surface area contributed by atoms with Crippen molar-refractivity contribution in [1.29, 1.82) is 0 Å². The Hall–Kier alpha value is -0.600. The number of rotatable bonds is 2. The van der Waals surface area contributed by atoms with Gasteiger partial charge in [-0.25, -0.2) is 0 Å². The van der Waals surface area contributed by atoms with Crippen molar-refractivity contribution < 1.29 is 5.11 Å². The number of aliphatic hydroxyl groups excluding tert-OH is 1. The molecule has 1 N–H and O–H groups in total. The molecule has 1 aromatic carbocycles. The fraction of sp³-hybridized carbons (Fsp3) is 0.200. The first-order valence-corrected chi connectivity index (χ1v) is 4.79. The van der Waals surface area contributed by atoms with E-state index in [4.69, 9.17) is 5.11 Å². The van der Waals surface area contributed by atoms with Crippen LogP contribution in [0.15, 0.2) is 43.0 Å². The molecule has 0 aliphatic carbocycles. The van der Waals surface area contributed by atoms with E-state index in [2.05, 4.69) is 34.6 Å². The Morgan fingerprint density at radius 1 is 1.33 bits per heavy atom. The molecule has 0 fully saturated rings. The van der Waals surface area contributed by atoms with Gasteiger partial charge in [0.15, 0.2) is 0 Å². The van der Waals surface area contributed by atoms with Gasteiger partial charge in [0, 0.05) is 5.33 Å². The fourth-order valence-corrected chi connectivity index (χ4v) is 0.941. The van der Waals surface area contributed by atoms with Crippen LogP contribution in [0.4, 0.5) is 0 Å². The summed E-state index contributed by atoms with van der Waals surface area (Å²) >= 11 is 3.36. The molecule has 2 heteroatoms. The van der Waals surface area contributed by atoms with Crippen molar-refractivity contribution in [3.8, 4) is 0 Å². The molecule has 0 radical (unpaired) electrons. The third kappa shape index (κ3) is 6.13. The van der Waals surface area contributed by atoms with Gasteiger partial charge >= 0.3 is 0 Å². The van der Waals surface area contributed by atoms with Crippen LogP contribution in [0.3, 0.4) is 0 Å². The van der Waals surface area contributed by atoms with Gasteiger partial charge in [-0.15, -0.1) is 6.58 Å². The monoisotopic (exact) mass is 228 g/mol. The number of halogens is 1. The Balaban J connectivity index is 0.000000261. The molecule has 0 spiro atoms. The normalized spacial score (nSPS) is 8.17. The van der Waals surface area contributed by atoms with Gasteiger partial charge in [-0.1, -0.05) is 52.3 Å². The summed E-state index contributed by atoms with van der Waals surface area (Å²) in [5.41, 5.74) is 1.33. The van der Waals surface area contributed by atoms with Gasteiger partial charge in [0.05, 0.1) is 6.61 Å². The first kappa shape index (κ1) is 11.4. The lowest BCUT2D eigenvalue weighted by Crippen LogP contribution is -1.70. The standard InChI is InChI=1S/C7H7Br.C3H6O/c8-6-7-4-2-1-3-5-7;1-2-3-4/h1-5H,6H2;2,4H,1,3H2. The Morgan fingerprint density at radius 2 is 1.83 bits per heavy atom. The van der Waals surface area contributed by atoms with Crippen molar-refractivity contribution >= 4 is 15.9 Å². The summed E-state index contributed by atoms with van der Waals surface area (Å²) in [6.07, 6.45) is 1.43.